The van der Waals surface area contributed by atoms with E-state index < -0.39 is 0 Å². The predicted molar refractivity (Wildman–Crippen MR) is 53.1 cm³/mol. The summed E-state index contributed by atoms with van der Waals surface area (Å²) in [5, 5.41) is 2.88. The molecule has 1 aromatic rings. The lowest BCUT2D eigenvalue weighted by atomic mass is 9.67. The molecule has 1 aliphatic heterocycles. The van der Waals surface area contributed by atoms with Gasteiger partial charge in [-0.1, -0.05) is 0 Å². The summed E-state index contributed by atoms with van der Waals surface area (Å²) in [6, 6.07) is 2.02. The van der Waals surface area contributed by atoms with Crippen LogP contribution in [0.25, 0.3) is 0 Å². The van der Waals surface area contributed by atoms with Gasteiger partial charge in [-0.05, 0) is 37.3 Å². The summed E-state index contributed by atoms with van der Waals surface area (Å²) in [6.45, 7) is 2.09. The number of hydrogen-bond donors (Lipinski definition) is 1. The van der Waals surface area contributed by atoms with Gasteiger partial charge in [-0.3, -0.25) is 4.79 Å². The van der Waals surface area contributed by atoms with Gasteiger partial charge in [0.15, 0.2) is 0 Å². The number of nitrogens with one attached hydrogen (secondary N) is 1. The molecular formula is C11H12N2O. The molecule has 0 bridgehead atoms. The number of fused-ring (bicyclic) bond motifs is 3. The monoisotopic (exact) mass is 188 g/mol. The fourth-order valence-electron chi connectivity index (χ4n) is 2.51. The van der Waals surface area contributed by atoms with Gasteiger partial charge in [-0.15, -0.1) is 0 Å². The number of rotatable bonds is 0. The molecule has 1 fully saturated rings. The summed E-state index contributed by atoms with van der Waals surface area (Å²) in [4.78, 5) is 15.8. The highest BCUT2D eigenvalue weighted by molar-refractivity contribution is 5.96. The lowest BCUT2D eigenvalue weighted by molar-refractivity contribution is -0.123. The summed E-state index contributed by atoms with van der Waals surface area (Å²) in [6.07, 6.45) is 3.93. The van der Waals surface area contributed by atoms with Crippen LogP contribution in [0.2, 0.25) is 0 Å². The van der Waals surface area contributed by atoms with Crippen LogP contribution < -0.4 is 5.32 Å². The normalized spacial score (nSPS) is 28.5. The van der Waals surface area contributed by atoms with Crippen molar-refractivity contribution in [3.05, 3.63) is 23.4 Å². The van der Waals surface area contributed by atoms with E-state index in [2.05, 4.69) is 17.2 Å². The van der Waals surface area contributed by atoms with E-state index in [1.165, 1.54) is 11.1 Å². The van der Waals surface area contributed by atoms with E-state index in [1.54, 1.807) is 6.20 Å². The lowest BCUT2D eigenvalue weighted by Crippen LogP contribution is -2.40. The molecule has 1 aromatic heterocycles. The van der Waals surface area contributed by atoms with Gasteiger partial charge in [-0.25, -0.2) is 4.98 Å². The van der Waals surface area contributed by atoms with Crippen LogP contribution in [-0.2, 0) is 4.79 Å². The topological polar surface area (TPSA) is 42.0 Å². The van der Waals surface area contributed by atoms with Crippen molar-refractivity contribution in [2.45, 2.75) is 25.7 Å². The Morgan fingerprint density at radius 3 is 2.93 bits per heavy atom. The maximum atomic E-state index is 11.6. The van der Waals surface area contributed by atoms with Gasteiger partial charge in [0.2, 0.25) is 5.91 Å². The third kappa shape index (κ3) is 0.870. The first kappa shape index (κ1) is 7.97. The summed E-state index contributed by atoms with van der Waals surface area (Å²) in [5.74, 6) is 1.60. The Morgan fingerprint density at radius 1 is 1.43 bits per heavy atom. The Morgan fingerprint density at radius 2 is 2.21 bits per heavy atom. The molecular weight excluding hydrogens is 176 g/mol. The fraction of sp³-hybridized carbons (Fsp3) is 0.455. The molecule has 3 nitrogen and oxygen atoms in total. The average molecular weight is 188 g/mol. The van der Waals surface area contributed by atoms with Crippen molar-refractivity contribution >= 4 is 11.7 Å². The maximum Gasteiger partial charge on any atom is 0.229 e. The quantitative estimate of drug-likeness (QED) is 0.675. The summed E-state index contributed by atoms with van der Waals surface area (Å²) < 4.78 is 0. The van der Waals surface area contributed by atoms with E-state index >= 15 is 0 Å². The number of carbonyl (C=O) groups excluding carboxylic acids is 1. The largest absolute Gasteiger partial charge is 0.310 e. The average Bonchev–Trinajstić information content (AvgIpc) is 2.07. The number of hydrogen-bond acceptors (Lipinski definition) is 2. The molecule has 3 heteroatoms. The van der Waals surface area contributed by atoms with Gasteiger partial charge < -0.3 is 5.32 Å². The lowest BCUT2D eigenvalue weighted by Gasteiger charge is -2.40. The van der Waals surface area contributed by atoms with E-state index in [0.29, 0.717) is 5.92 Å². The number of nitrogens with zero attached hydrogens (tertiary/aromatic N) is 1. The highest BCUT2D eigenvalue weighted by atomic mass is 16.2. The fourth-order valence-corrected chi connectivity index (χ4v) is 2.51. The van der Waals surface area contributed by atoms with Gasteiger partial charge in [0.25, 0.3) is 0 Å². The molecule has 0 aromatic carbocycles. The molecule has 0 saturated heterocycles. The van der Waals surface area contributed by atoms with Crippen LogP contribution in [0, 0.1) is 12.8 Å². The van der Waals surface area contributed by atoms with Crippen molar-refractivity contribution < 1.29 is 4.79 Å². The highest BCUT2D eigenvalue weighted by Gasteiger charge is 2.43. The van der Waals surface area contributed by atoms with Crippen LogP contribution >= 0.6 is 0 Å². The molecule has 2 aliphatic rings. The molecule has 2 heterocycles. The van der Waals surface area contributed by atoms with Crippen molar-refractivity contribution in [1.29, 1.82) is 0 Å². The van der Waals surface area contributed by atoms with Crippen molar-refractivity contribution in [1.82, 2.24) is 4.98 Å². The van der Waals surface area contributed by atoms with E-state index in [4.69, 9.17) is 0 Å². The van der Waals surface area contributed by atoms with Crippen molar-refractivity contribution in [2.75, 3.05) is 5.32 Å². The van der Waals surface area contributed by atoms with Crippen molar-refractivity contribution in [3.63, 3.8) is 0 Å². The van der Waals surface area contributed by atoms with Crippen LogP contribution in [0.5, 0.6) is 0 Å². The Labute approximate surface area is 82.5 Å². The van der Waals surface area contributed by atoms with Crippen LogP contribution in [-0.4, -0.2) is 10.9 Å². The van der Waals surface area contributed by atoms with Crippen LogP contribution in [0.1, 0.15) is 29.9 Å². The first-order valence-electron chi connectivity index (χ1n) is 5.04. The third-order valence-electron chi connectivity index (χ3n) is 3.43. The van der Waals surface area contributed by atoms with Crippen molar-refractivity contribution in [2.24, 2.45) is 5.92 Å². The van der Waals surface area contributed by atoms with Gasteiger partial charge >= 0.3 is 0 Å². The highest BCUT2D eigenvalue weighted by Crippen LogP contribution is 2.48. The van der Waals surface area contributed by atoms with E-state index in [9.17, 15) is 4.79 Å². The van der Waals surface area contributed by atoms with Gasteiger partial charge in [0.05, 0.1) is 0 Å². The third-order valence-corrected chi connectivity index (χ3v) is 3.43. The Bertz CT molecular complexity index is 414. The number of amides is 1. The minimum Gasteiger partial charge on any atom is -0.310 e. The number of carbonyl (C=O) groups is 1. The zero-order valence-electron chi connectivity index (χ0n) is 8.08. The summed E-state index contributed by atoms with van der Waals surface area (Å²) >= 11 is 0. The molecule has 0 spiro atoms. The maximum absolute atomic E-state index is 11.6. The second kappa shape index (κ2) is 2.56. The molecule has 0 radical (unpaired) electrons. The molecule has 1 N–H and O–H groups in total. The number of pyridine rings is 1. The molecule has 1 saturated carbocycles. The van der Waals surface area contributed by atoms with E-state index in [-0.39, 0.29) is 11.8 Å². The second-order valence-corrected chi connectivity index (χ2v) is 4.17. The Hall–Kier alpha value is -1.38. The first-order valence-corrected chi connectivity index (χ1v) is 5.04. The predicted octanol–water partition coefficient (Wildman–Crippen LogP) is 1.84. The minimum atomic E-state index is 0.159. The van der Waals surface area contributed by atoms with Gasteiger partial charge in [0.1, 0.15) is 5.82 Å². The molecule has 72 valence electrons. The molecule has 1 aliphatic carbocycles. The molecule has 2 unspecified atom stereocenters. The second-order valence-electron chi connectivity index (χ2n) is 4.17. The van der Waals surface area contributed by atoms with Gasteiger partial charge in [-0.2, -0.15) is 0 Å². The SMILES string of the molecule is Cc1ccnc2c1C1CCC1C(=O)N2. The Kier molecular flexibility index (Phi) is 1.46. The molecule has 1 amide bonds. The Balaban J connectivity index is 2.16. The standard InChI is InChI=1S/C11H12N2O/c1-6-4-5-12-10-9(6)7-2-3-8(7)11(14)13-10/h4-5,7-8H,2-3H2,1H3,(H,12,13,14). The minimum absolute atomic E-state index is 0.159. The number of aromatic nitrogens is 1. The summed E-state index contributed by atoms with van der Waals surface area (Å²) in [7, 11) is 0. The zero-order valence-corrected chi connectivity index (χ0v) is 8.08. The summed E-state index contributed by atoms with van der Waals surface area (Å²) in [5.41, 5.74) is 2.52. The molecule has 2 atom stereocenters. The van der Waals surface area contributed by atoms with E-state index in [1.807, 2.05) is 6.07 Å². The zero-order chi connectivity index (χ0) is 9.71. The molecule has 14 heavy (non-hydrogen) atoms. The number of aryl methyl sites for hydroxylation is 1. The van der Waals surface area contributed by atoms with Crippen molar-refractivity contribution in [3.8, 4) is 0 Å². The van der Waals surface area contributed by atoms with Crippen LogP contribution in [0.15, 0.2) is 12.3 Å². The van der Waals surface area contributed by atoms with Crippen LogP contribution in [0.3, 0.4) is 0 Å². The van der Waals surface area contributed by atoms with Crippen LogP contribution in [0.4, 0.5) is 5.82 Å². The molecule has 3 rings (SSSR count). The smallest absolute Gasteiger partial charge is 0.229 e. The van der Waals surface area contributed by atoms with E-state index in [0.717, 1.165) is 18.7 Å². The first-order chi connectivity index (χ1) is 6.77. The number of anilines is 1. The van der Waals surface area contributed by atoms with Gasteiger partial charge in [0, 0.05) is 17.7 Å².